The largest absolute Gasteiger partial charge is 0.494 e. The molecule has 4 aromatic rings. The standard InChI is InChI=1S/C31H30ClFN6O5/c1-4-44-23-10-20(9-21(33)12-23)26(16-40)37-29(41)17(2)39-15-19-6-5-18(11-24(19)30(39)42)28-25(32)14-35-31(38-28)36-22-7-8-34-27(13-22)43-3/h5-14,17,26,40H,4,15-16H2,1-3H3,(H,37,41)(H,34,35,36,38)/t17-,26-/m1/s1. The van der Waals surface area contributed by atoms with Gasteiger partial charge in [-0.15, -0.1) is 0 Å². The first-order valence-electron chi connectivity index (χ1n) is 13.8. The predicted molar refractivity (Wildman–Crippen MR) is 161 cm³/mol. The molecule has 0 fully saturated rings. The van der Waals surface area contributed by atoms with Gasteiger partial charge < -0.3 is 30.1 Å². The molecule has 0 aliphatic carbocycles. The molecule has 0 bridgehead atoms. The first-order valence-corrected chi connectivity index (χ1v) is 14.2. The number of fused-ring (bicyclic) bond motifs is 1. The molecule has 0 radical (unpaired) electrons. The average Bonchev–Trinajstić information content (AvgIpc) is 3.35. The van der Waals surface area contributed by atoms with E-state index < -0.39 is 30.4 Å². The maximum Gasteiger partial charge on any atom is 0.255 e. The summed E-state index contributed by atoms with van der Waals surface area (Å²) >= 11 is 6.46. The van der Waals surface area contributed by atoms with E-state index >= 15 is 0 Å². The van der Waals surface area contributed by atoms with Gasteiger partial charge in [0.2, 0.25) is 17.7 Å². The van der Waals surface area contributed by atoms with Crippen LogP contribution in [0.3, 0.4) is 0 Å². The van der Waals surface area contributed by atoms with Crippen LogP contribution in [-0.2, 0) is 11.3 Å². The fraction of sp³-hybridized carbons (Fsp3) is 0.258. The minimum Gasteiger partial charge on any atom is -0.494 e. The SMILES string of the molecule is CCOc1cc(F)cc([C@@H](CO)NC(=O)[C@@H](C)N2Cc3ccc(-c4nc(Nc5ccnc(OC)c5)ncc4Cl)cc3C2=O)c1. The topological polar surface area (TPSA) is 139 Å². The van der Waals surface area contributed by atoms with Crippen LogP contribution in [0, 0.1) is 5.82 Å². The zero-order valence-electron chi connectivity index (χ0n) is 24.2. The van der Waals surface area contributed by atoms with Crippen molar-refractivity contribution < 1.29 is 28.6 Å². The molecule has 0 unspecified atom stereocenters. The quantitative estimate of drug-likeness (QED) is 0.218. The Balaban J connectivity index is 1.32. The van der Waals surface area contributed by atoms with Crippen molar-refractivity contribution in [3.63, 3.8) is 0 Å². The lowest BCUT2D eigenvalue weighted by molar-refractivity contribution is -0.126. The van der Waals surface area contributed by atoms with E-state index in [2.05, 4.69) is 25.6 Å². The van der Waals surface area contributed by atoms with Crippen LogP contribution in [0.25, 0.3) is 11.3 Å². The van der Waals surface area contributed by atoms with E-state index in [1.54, 1.807) is 56.4 Å². The van der Waals surface area contributed by atoms with Crippen LogP contribution in [0.15, 0.2) is 60.9 Å². The van der Waals surface area contributed by atoms with Gasteiger partial charge in [-0.25, -0.2) is 19.3 Å². The van der Waals surface area contributed by atoms with Gasteiger partial charge in [0.25, 0.3) is 5.91 Å². The molecule has 2 amide bonds. The van der Waals surface area contributed by atoms with E-state index in [4.69, 9.17) is 21.1 Å². The number of ether oxygens (including phenoxy) is 2. The van der Waals surface area contributed by atoms with E-state index in [0.29, 0.717) is 40.6 Å². The van der Waals surface area contributed by atoms with Gasteiger partial charge in [0, 0.05) is 41.7 Å². The van der Waals surface area contributed by atoms with Gasteiger partial charge in [0.1, 0.15) is 17.6 Å². The Bertz CT molecular complexity index is 1710. The van der Waals surface area contributed by atoms with Crippen molar-refractivity contribution in [3.05, 3.63) is 88.5 Å². The highest BCUT2D eigenvalue weighted by atomic mass is 35.5. The molecule has 2 aromatic heterocycles. The summed E-state index contributed by atoms with van der Waals surface area (Å²) < 4.78 is 24.7. The van der Waals surface area contributed by atoms with E-state index in [9.17, 15) is 19.1 Å². The third-order valence-corrected chi connectivity index (χ3v) is 7.39. The number of aromatic nitrogens is 3. The lowest BCUT2D eigenvalue weighted by atomic mass is 10.0. The molecule has 3 heterocycles. The van der Waals surface area contributed by atoms with E-state index in [1.165, 1.54) is 30.3 Å². The molecule has 5 rings (SSSR count). The summed E-state index contributed by atoms with van der Waals surface area (Å²) in [6.45, 7) is 3.42. The van der Waals surface area contributed by atoms with Crippen LogP contribution < -0.4 is 20.1 Å². The summed E-state index contributed by atoms with van der Waals surface area (Å²) in [4.78, 5) is 41.0. The molecule has 2 aromatic carbocycles. The van der Waals surface area contributed by atoms with Crippen molar-refractivity contribution >= 4 is 35.1 Å². The van der Waals surface area contributed by atoms with Crippen molar-refractivity contribution in [2.75, 3.05) is 25.6 Å². The smallest absolute Gasteiger partial charge is 0.255 e. The minimum absolute atomic E-state index is 0.204. The molecule has 13 heteroatoms. The molecule has 44 heavy (non-hydrogen) atoms. The molecule has 1 aliphatic heterocycles. The number of halogens is 2. The number of anilines is 2. The molecule has 2 atom stereocenters. The van der Waals surface area contributed by atoms with E-state index in [-0.39, 0.29) is 29.2 Å². The lowest BCUT2D eigenvalue weighted by Gasteiger charge is -2.26. The van der Waals surface area contributed by atoms with E-state index in [0.717, 1.165) is 5.56 Å². The number of rotatable bonds is 11. The van der Waals surface area contributed by atoms with Crippen molar-refractivity contribution in [2.24, 2.45) is 0 Å². The summed E-state index contributed by atoms with van der Waals surface area (Å²) in [6.07, 6.45) is 3.05. The first-order chi connectivity index (χ1) is 21.2. The highest BCUT2D eigenvalue weighted by Gasteiger charge is 2.35. The number of amides is 2. The molecule has 228 valence electrons. The second-order valence-electron chi connectivity index (χ2n) is 9.98. The highest BCUT2D eigenvalue weighted by Crippen LogP contribution is 2.33. The third kappa shape index (κ3) is 6.56. The Morgan fingerprint density at radius 1 is 1.18 bits per heavy atom. The average molecular weight is 621 g/mol. The summed E-state index contributed by atoms with van der Waals surface area (Å²) in [7, 11) is 1.52. The highest BCUT2D eigenvalue weighted by molar-refractivity contribution is 6.33. The lowest BCUT2D eigenvalue weighted by Crippen LogP contribution is -2.46. The van der Waals surface area contributed by atoms with Crippen LogP contribution in [0.5, 0.6) is 11.6 Å². The van der Waals surface area contributed by atoms with Crippen LogP contribution in [0.1, 0.15) is 41.4 Å². The van der Waals surface area contributed by atoms with Gasteiger partial charge in [0.15, 0.2) is 0 Å². The fourth-order valence-electron chi connectivity index (χ4n) is 4.85. The number of methoxy groups -OCH3 is 1. The van der Waals surface area contributed by atoms with Gasteiger partial charge in [-0.1, -0.05) is 23.7 Å². The first kappa shape index (κ1) is 30.6. The Hall–Kier alpha value is -4.81. The Labute approximate surface area is 258 Å². The molecule has 3 N–H and O–H groups in total. The van der Waals surface area contributed by atoms with Crippen molar-refractivity contribution in [2.45, 2.75) is 32.5 Å². The molecule has 11 nitrogen and oxygen atoms in total. The number of pyridine rings is 1. The Morgan fingerprint density at radius 2 is 2.00 bits per heavy atom. The maximum atomic E-state index is 14.2. The fourth-order valence-corrected chi connectivity index (χ4v) is 5.05. The zero-order chi connectivity index (χ0) is 31.4. The molecule has 0 saturated carbocycles. The summed E-state index contributed by atoms with van der Waals surface area (Å²) in [6, 6.07) is 10.9. The number of hydrogen-bond donors (Lipinski definition) is 3. The van der Waals surface area contributed by atoms with Crippen LogP contribution >= 0.6 is 11.6 Å². The predicted octanol–water partition coefficient (Wildman–Crippen LogP) is 4.68. The molecule has 0 saturated heterocycles. The van der Waals surface area contributed by atoms with Gasteiger partial charge in [-0.2, -0.15) is 0 Å². The number of aliphatic hydroxyl groups excluding tert-OH is 1. The molecular weight excluding hydrogens is 591 g/mol. The summed E-state index contributed by atoms with van der Waals surface area (Å²) in [5, 5.41) is 16.1. The Morgan fingerprint density at radius 3 is 2.75 bits per heavy atom. The minimum atomic E-state index is -0.900. The van der Waals surface area contributed by atoms with Gasteiger partial charge in [0.05, 0.1) is 43.3 Å². The third-order valence-electron chi connectivity index (χ3n) is 7.11. The summed E-state index contributed by atoms with van der Waals surface area (Å²) in [5.74, 6) is -0.422. The van der Waals surface area contributed by atoms with Crippen molar-refractivity contribution in [1.82, 2.24) is 25.2 Å². The maximum absolute atomic E-state index is 14.2. The van der Waals surface area contributed by atoms with Gasteiger partial charge in [-0.05, 0) is 49.2 Å². The second kappa shape index (κ2) is 13.2. The van der Waals surface area contributed by atoms with Crippen LogP contribution in [-0.4, -0.2) is 63.1 Å². The summed E-state index contributed by atoms with van der Waals surface area (Å²) in [5.41, 5.74) is 3.16. The molecular formula is C31H30ClFN6O5. The number of hydrogen-bond acceptors (Lipinski definition) is 9. The second-order valence-corrected chi connectivity index (χ2v) is 10.4. The van der Waals surface area contributed by atoms with Crippen molar-refractivity contribution in [1.29, 1.82) is 0 Å². The number of nitrogens with zero attached hydrogens (tertiary/aromatic N) is 4. The zero-order valence-corrected chi connectivity index (χ0v) is 24.9. The van der Waals surface area contributed by atoms with Gasteiger partial charge in [-0.3, -0.25) is 9.59 Å². The monoisotopic (exact) mass is 620 g/mol. The van der Waals surface area contributed by atoms with Crippen LogP contribution in [0.2, 0.25) is 5.02 Å². The van der Waals surface area contributed by atoms with Gasteiger partial charge >= 0.3 is 0 Å². The van der Waals surface area contributed by atoms with Crippen LogP contribution in [0.4, 0.5) is 16.0 Å². The van der Waals surface area contributed by atoms with E-state index in [1.807, 2.05) is 0 Å². The van der Waals surface area contributed by atoms with Crippen molar-refractivity contribution in [3.8, 4) is 22.9 Å². The normalized spacial score (nSPS) is 13.7. The Kier molecular flexibility index (Phi) is 9.21. The number of nitrogens with one attached hydrogen (secondary N) is 2. The number of carbonyl (C=O) groups is 2. The number of benzene rings is 2. The molecule has 0 spiro atoms. The number of carbonyl (C=O) groups excluding carboxylic acids is 2. The molecule has 1 aliphatic rings. The number of aliphatic hydroxyl groups is 1.